The number of benzene rings is 1. The summed E-state index contributed by atoms with van der Waals surface area (Å²) < 4.78 is 14.7. The summed E-state index contributed by atoms with van der Waals surface area (Å²) in [7, 11) is 0. The topological polar surface area (TPSA) is 186 Å². The number of ether oxygens (including phenoxy) is 3. The molecule has 3 rings (SSSR count). The summed E-state index contributed by atoms with van der Waals surface area (Å²) in [5.41, 5.74) is 2.28. The maximum absolute atomic E-state index is 12.3. The van der Waals surface area contributed by atoms with Crippen molar-refractivity contribution in [3.63, 3.8) is 0 Å². The molecule has 2 aliphatic heterocycles. The van der Waals surface area contributed by atoms with Crippen molar-refractivity contribution in [2.75, 3.05) is 6.54 Å². The van der Waals surface area contributed by atoms with Gasteiger partial charge in [-0.2, -0.15) is 0 Å². The summed E-state index contributed by atoms with van der Waals surface area (Å²) in [4.78, 5) is 36.3. The minimum Gasteiger partial charge on any atom is -0.502 e. The molecular formula is C14H13NO10. The van der Waals surface area contributed by atoms with E-state index in [2.05, 4.69) is 0 Å². The average molecular weight is 355 g/mol. The van der Waals surface area contributed by atoms with Crippen LogP contribution in [-0.2, 0) is 14.4 Å². The third-order valence-corrected chi connectivity index (χ3v) is 3.79. The van der Waals surface area contributed by atoms with Crippen molar-refractivity contribution in [2.45, 2.75) is 24.5 Å². The Morgan fingerprint density at radius 2 is 1.48 bits per heavy atom. The van der Waals surface area contributed by atoms with E-state index in [1.807, 2.05) is 0 Å². The second kappa shape index (κ2) is 5.58. The average Bonchev–Trinajstić information content (AvgIpc) is 2.54. The Morgan fingerprint density at radius 1 is 0.960 bits per heavy atom. The van der Waals surface area contributed by atoms with Crippen molar-refractivity contribution in [3.8, 4) is 28.7 Å². The van der Waals surface area contributed by atoms with Gasteiger partial charge in [0.25, 0.3) is 0 Å². The molecule has 2 aliphatic rings. The lowest BCUT2D eigenvalue weighted by atomic mass is 9.95. The fourth-order valence-electron chi connectivity index (χ4n) is 2.57. The van der Waals surface area contributed by atoms with Gasteiger partial charge in [-0.3, -0.25) is 9.59 Å². The molecular weight excluding hydrogens is 342 g/mol. The van der Waals surface area contributed by atoms with Crippen LogP contribution in [0.1, 0.15) is 24.5 Å². The first-order chi connectivity index (χ1) is 11.7. The smallest absolute Gasteiger partial charge is 0.344 e. The molecule has 0 radical (unpaired) electrons. The predicted octanol–water partition coefficient (Wildman–Crippen LogP) is -1.66. The first kappa shape index (κ1) is 17.0. The van der Waals surface area contributed by atoms with Crippen LogP contribution in [0.25, 0.3) is 0 Å². The molecule has 0 saturated heterocycles. The SMILES string of the molecule is NC[C@H](O)c1c2c(O)c(O)c3c1OC(=O)C(O)(CC(=O)O3)CC(=O)O2. The van der Waals surface area contributed by atoms with Crippen LogP contribution in [0.4, 0.5) is 0 Å². The van der Waals surface area contributed by atoms with Crippen LogP contribution < -0.4 is 19.9 Å². The van der Waals surface area contributed by atoms with Crippen molar-refractivity contribution in [2.24, 2.45) is 5.73 Å². The summed E-state index contributed by atoms with van der Waals surface area (Å²) in [6, 6.07) is 0. The summed E-state index contributed by atoms with van der Waals surface area (Å²) >= 11 is 0. The van der Waals surface area contributed by atoms with Crippen molar-refractivity contribution in [1.82, 2.24) is 0 Å². The fraction of sp³-hybridized carbons (Fsp3) is 0.357. The van der Waals surface area contributed by atoms with Crippen LogP contribution in [0.15, 0.2) is 0 Å². The Morgan fingerprint density at radius 3 is 2.04 bits per heavy atom. The highest BCUT2D eigenvalue weighted by Gasteiger charge is 2.49. The van der Waals surface area contributed by atoms with Gasteiger partial charge in [0, 0.05) is 6.54 Å². The van der Waals surface area contributed by atoms with Crippen molar-refractivity contribution < 1.29 is 49.0 Å². The monoisotopic (exact) mass is 355 g/mol. The second-order valence-electron chi connectivity index (χ2n) is 5.57. The van der Waals surface area contributed by atoms with Gasteiger partial charge in [-0.25, -0.2) is 4.79 Å². The molecule has 3 bridgehead atoms. The molecule has 0 aromatic heterocycles. The maximum Gasteiger partial charge on any atom is 0.344 e. The van der Waals surface area contributed by atoms with Crippen LogP contribution in [-0.4, -0.2) is 50.5 Å². The molecule has 11 heteroatoms. The molecule has 2 heterocycles. The Kier molecular flexibility index (Phi) is 3.78. The van der Waals surface area contributed by atoms with Gasteiger partial charge in [-0.15, -0.1) is 0 Å². The third-order valence-electron chi connectivity index (χ3n) is 3.79. The van der Waals surface area contributed by atoms with Gasteiger partial charge in [0.05, 0.1) is 24.5 Å². The number of rotatable bonds is 2. The molecule has 25 heavy (non-hydrogen) atoms. The van der Waals surface area contributed by atoms with Crippen molar-refractivity contribution in [1.29, 1.82) is 0 Å². The Hall–Kier alpha value is -2.89. The van der Waals surface area contributed by atoms with E-state index in [1.54, 1.807) is 0 Å². The van der Waals surface area contributed by atoms with E-state index in [-0.39, 0.29) is 0 Å². The number of hydrogen-bond donors (Lipinski definition) is 5. The molecule has 1 aromatic rings. The van der Waals surface area contributed by atoms with E-state index < -0.39 is 83.3 Å². The molecule has 2 atom stereocenters. The first-order valence-corrected chi connectivity index (χ1v) is 7.04. The number of fused-ring (bicyclic) bond motifs is 3. The number of aromatic hydroxyl groups is 2. The van der Waals surface area contributed by atoms with E-state index in [9.17, 15) is 34.8 Å². The number of carbonyl (C=O) groups is 3. The number of esters is 3. The van der Waals surface area contributed by atoms with E-state index in [0.717, 1.165) is 0 Å². The van der Waals surface area contributed by atoms with Crippen LogP contribution in [0.2, 0.25) is 0 Å². The second-order valence-corrected chi connectivity index (χ2v) is 5.57. The first-order valence-electron chi connectivity index (χ1n) is 7.04. The molecule has 11 nitrogen and oxygen atoms in total. The summed E-state index contributed by atoms with van der Waals surface area (Å²) in [6.07, 6.45) is -3.58. The zero-order valence-corrected chi connectivity index (χ0v) is 12.5. The van der Waals surface area contributed by atoms with Crippen LogP contribution in [0.3, 0.4) is 0 Å². The largest absolute Gasteiger partial charge is 0.502 e. The molecule has 1 unspecified atom stereocenters. The number of aliphatic hydroxyl groups excluding tert-OH is 1. The molecule has 0 fully saturated rings. The van der Waals surface area contributed by atoms with Crippen LogP contribution in [0.5, 0.6) is 28.7 Å². The van der Waals surface area contributed by atoms with E-state index in [1.165, 1.54) is 0 Å². The lowest BCUT2D eigenvalue weighted by Crippen LogP contribution is -2.47. The molecule has 0 spiro atoms. The zero-order valence-electron chi connectivity index (χ0n) is 12.5. The Balaban J connectivity index is 2.42. The van der Waals surface area contributed by atoms with Crippen molar-refractivity contribution >= 4 is 17.9 Å². The number of carbonyl (C=O) groups excluding carboxylic acids is 3. The molecule has 1 aromatic carbocycles. The quantitative estimate of drug-likeness (QED) is 0.232. The van der Waals surface area contributed by atoms with E-state index in [4.69, 9.17) is 19.9 Å². The third kappa shape index (κ3) is 2.54. The molecule has 0 aliphatic carbocycles. The minimum absolute atomic E-state index is 0.461. The van der Waals surface area contributed by atoms with E-state index >= 15 is 0 Å². The van der Waals surface area contributed by atoms with Crippen LogP contribution >= 0.6 is 0 Å². The summed E-state index contributed by atoms with van der Waals surface area (Å²) in [5, 5.41) is 40.5. The highest BCUT2D eigenvalue weighted by Crippen LogP contribution is 2.56. The number of hydrogen-bond acceptors (Lipinski definition) is 11. The van der Waals surface area contributed by atoms with Gasteiger partial charge in [0.15, 0.2) is 17.1 Å². The molecule has 0 saturated carbocycles. The summed E-state index contributed by atoms with van der Waals surface area (Å²) in [6.45, 7) is -0.461. The maximum atomic E-state index is 12.3. The molecule has 134 valence electrons. The number of nitrogens with two attached hydrogens (primary N) is 1. The number of phenolic OH excluding ortho intramolecular Hbond substituents is 2. The minimum atomic E-state index is -2.59. The van der Waals surface area contributed by atoms with Crippen LogP contribution in [0, 0.1) is 0 Å². The predicted molar refractivity (Wildman–Crippen MR) is 74.9 cm³/mol. The highest BCUT2D eigenvalue weighted by molar-refractivity contribution is 5.96. The lowest BCUT2D eigenvalue weighted by Gasteiger charge is -2.27. The van der Waals surface area contributed by atoms with Gasteiger partial charge in [-0.1, -0.05) is 0 Å². The molecule has 6 N–H and O–H groups in total. The standard InChI is InChI=1S/C14H13NO10/c15-3-4(16)7-10-8(19)9(20)12-11(7)25-13(21)14(22,1-5(17)23-10)2-6(18)24-12/h4,16,19-20,22H,1-3,15H2/t4-,14?/m0/s1. The van der Waals surface area contributed by atoms with Gasteiger partial charge in [0.1, 0.15) is 0 Å². The number of aliphatic hydroxyl groups is 2. The van der Waals surface area contributed by atoms with Gasteiger partial charge >= 0.3 is 17.9 Å². The zero-order chi connectivity index (χ0) is 18.5. The normalized spacial score (nSPS) is 23.6. The van der Waals surface area contributed by atoms with Gasteiger partial charge in [-0.05, 0) is 0 Å². The summed E-state index contributed by atoms with van der Waals surface area (Å²) in [5.74, 6) is -8.11. The lowest BCUT2D eigenvalue weighted by molar-refractivity contribution is -0.168. The highest BCUT2D eigenvalue weighted by atomic mass is 16.6. The Bertz CT molecular complexity index is 804. The number of phenols is 2. The van der Waals surface area contributed by atoms with Gasteiger partial charge < -0.3 is 40.4 Å². The fourth-order valence-corrected chi connectivity index (χ4v) is 2.57. The molecule has 0 amide bonds. The Labute approximate surface area is 139 Å². The van der Waals surface area contributed by atoms with E-state index in [0.29, 0.717) is 0 Å². The van der Waals surface area contributed by atoms with Gasteiger partial charge in [0.2, 0.25) is 17.2 Å². The van der Waals surface area contributed by atoms with Crippen molar-refractivity contribution in [3.05, 3.63) is 5.56 Å².